The Bertz CT molecular complexity index is 725. The third kappa shape index (κ3) is 2.51. The van der Waals surface area contributed by atoms with E-state index in [2.05, 4.69) is 10.1 Å². The highest BCUT2D eigenvalue weighted by Gasteiger charge is 2.19. The van der Waals surface area contributed by atoms with Crippen molar-refractivity contribution in [2.45, 2.75) is 6.10 Å². The first-order valence-corrected chi connectivity index (χ1v) is 6.56. The van der Waals surface area contributed by atoms with Gasteiger partial charge in [0.1, 0.15) is 11.9 Å². The average molecular weight is 281 g/mol. The predicted molar refractivity (Wildman–Crippen MR) is 78.4 cm³/mol. The number of nitrogens with zero attached hydrogens (tertiary/aromatic N) is 3. The van der Waals surface area contributed by atoms with Crippen molar-refractivity contribution in [2.75, 3.05) is 7.11 Å². The van der Waals surface area contributed by atoms with E-state index in [1.165, 1.54) is 0 Å². The van der Waals surface area contributed by atoms with Gasteiger partial charge < -0.3 is 9.84 Å². The molecule has 0 spiro atoms. The van der Waals surface area contributed by atoms with Gasteiger partial charge in [0.05, 0.1) is 24.7 Å². The van der Waals surface area contributed by atoms with Crippen molar-refractivity contribution in [3.63, 3.8) is 0 Å². The zero-order valence-electron chi connectivity index (χ0n) is 11.5. The van der Waals surface area contributed by atoms with Crippen LogP contribution in [-0.2, 0) is 0 Å². The molecule has 1 N–H and O–H groups in total. The van der Waals surface area contributed by atoms with Gasteiger partial charge in [-0.2, -0.15) is 5.10 Å². The van der Waals surface area contributed by atoms with Gasteiger partial charge in [-0.25, -0.2) is 4.68 Å². The van der Waals surface area contributed by atoms with E-state index in [9.17, 15) is 5.11 Å². The number of aliphatic hydroxyl groups is 1. The molecule has 5 nitrogen and oxygen atoms in total. The molecule has 0 bridgehead atoms. The number of pyridine rings is 1. The van der Waals surface area contributed by atoms with Gasteiger partial charge in [0.25, 0.3) is 0 Å². The molecular weight excluding hydrogens is 266 g/mol. The van der Waals surface area contributed by atoms with Crippen LogP contribution in [0, 0.1) is 0 Å². The molecule has 0 radical (unpaired) electrons. The Morgan fingerprint density at radius 3 is 2.67 bits per heavy atom. The highest BCUT2D eigenvalue weighted by atomic mass is 16.5. The number of hydrogen-bond acceptors (Lipinski definition) is 4. The number of aliphatic hydroxyl groups excluding tert-OH is 1. The quantitative estimate of drug-likeness (QED) is 0.797. The molecule has 3 aromatic rings. The molecule has 0 saturated heterocycles. The first-order valence-electron chi connectivity index (χ1n) is 6.56. The van der Waals surface area contributed by atoms with Crippen LogP contribution in [0.3, 0.4) is 0 Å². The summed E-state index contributed by atoms with van der Waals surface area (Å²) in [7, 11) is 1.56. The van der Waals surface area contributed by atoms with Crippen molar-refractivity contribution >= 4 is 0 Å². The van der Waals surface area contributed by atoms with Crippen LogP contribution in [0.2, 0.25) is 0 Å². The highest BCUT2D eigenvalue weighted by Crippen LogP contribution is 2.29. The van der Waals surface area contributed by atoms with Crippen LogP contribution in [0.5, 0.6) is 5.75 Å². The molecule has 3 rings (SSSR count). The van der Waals surface area contributed by atoms with Crippen LogP contribution >= 0.6 is 0 Å². The molecule has 0 aliphatic rings. The normalized spacial score (nSPS) is 12.1. The predicted octanol–water partition coefficient (Wildman–Crippen LogP) is 2.36. The molecule has 5 heteroatoms. The van der Waals surface area contributed by atoms with E-state index in [0.717, 1.165) is 5.69 Å². The lowest BCUT2D eigenvalue weighted by atomic mass is 10.1. The second kappa shape index (κ2) is 5.76. The van der Waals surface area contributed by atoms with Gasteiger partial charge in [0.15, 0.2) is 0 Å². The largest absolute Gasteiger partial charge is 0.495 e. The minimum Gasteiger partial charge on any atom is -0.495 e. The van der Waals surface area contributed by atoms with Crippen molar-refractivity contribution in [3.8, 4) is 11.4 Å². The first-order chi connectivity index (χ1) is 10.3. The zero-order valence-corrected chi connectivity index (χ0v) is 11.5. The summed E-state index contributed by atoms with van der Waals surface area (Å²) < 4.78 is 6.97. The van der Waals surface area contributed by atoms with Gasteiger partial charge in [0, 0.05) is 18.0 Å². The van der Waals surface area contributed by atoms with E-state index in [4.69, 9.17) is 4.74 Å². The fraction of sp³-hybridized carbons (Fsp3) is 0.125. The Kier molecular flexibility index (Phi) is 3.66. The zero-order chi connectivity index (χ0) is 14.7. The minimum absolute atomic E-state index is 0.547. The molecule has 0 fully saturated rings. The third-order valence-corrected chi connectivity index (χ3v) is 3.28. The monoisotopic (exact) mass is 281 g/mol. The van der Waals surface area contributed by atoms with Gasteiger partial charge in [-0.1, -0.05) is 18.2 Å². The molecule has 21 heavy (non-hydrogen) atoms. The van der Waals surface area contributed by atoms with Gasteiger partial charge in [-0.05, 0) is 24.3 Å². The average Bonchev–Trinajstić information content (AvgIpc) is 3.04. The maximum atomic E-state index is 10.7. The molecule has 106 valence electrons. The summed E-state index contributed by atoms with van der Waals surface area (Å²) in [4.78, 5) is 4.00. The van der Waals surface area contributed by atoms with Crippen molar-refractivity contribution in [2.24, 2.45) is 0 Å². The Labute approximate surface area is 122 Å². The summed E-state index contributed by atoms with van der Waals surface area (Å²) in [6.45, 7) is 0. The lowest BCUT2D eigenvalue weighted by Gasteiger charge is -2.16. The molecule has 1 atom stereocenters. The van der Waals surface area contributed by atoms with E-state index in [1.54, 1.807) is 42.5 Å². The molecule has 0 amide bonds. The summed E-state index contributed by atoms with van der Waals surface area (Å²) in [6, 6.07) is 13.2. The first kappa shape index (κ1) is 13.3. The molecule has 1 aromatic carbocycles. The van der Waals surface area contributed by atoms with Crippen molar-refractivity contribution in [1.82, 2.24) is 14.8 Å². The number of aromatic nitrogens is 3. The van der Waals surface area contributed by atoms with Gasteiger partial charge in [-0.15, -0.1) is 0 Å². The van der Waals surface area contributed by atoms with Crippen LogP contribution < -0.4 is 4.74 Å². The summed E-state index contributed by atoms with van der Waals surface area (Å²) in [5.74, 6) is 0.547. The minimum atomic E-state index is -0.842. The second-order valence-electron chi connectivity index (χ2n) is 4.52. The van der Waals surface area contributed by atoms with Crippen LogP contribution in [0.25, 0.3) is 5.69 Å². The SMILES string of the molecule is COc1cnccc1C(O)c1ccnn1-c1ccccc1. The Morgan fingerprint density at radius 1 is 1.10 bits per heavy atom. The summed E-state index contributed by atoms with van der Waals surface area (Å²) >= 11 is 0. The van der Waals surface area contributed by atoms with E-state index in [0.29, 0.717) is 17.0 Å². The summed E-state index contributed by atoms with van der Waals surface area (Å²) in [5.41, 5.74) is 2.22. The molecular formula is C16H15N3O2. The molecule has 2 heterocycles. The fourth-order valence-electron chi connectivity index (χ4n) is 2.25. The summed E-state index contributed by atoms with van der Waals surface area (Å²) in [5, 5.41) is 15.0. The molecule has 0 aliphatic carbocycles. The molecule has 0 saturated carbocycles. The van der Waals surface area contributed by atoms with E-state index < -0.39 is 6.10 Å². The van der Waals surface area contributed by atoms with Crippen molar-refractivity contribution in [3.05, 3.63) is 72.3 Å². The van der Waals surface area contributed by atoms with Crippen LogP contribution in [0.1, 0.15) is 17.4 Å². The molecule has 2 aromatic heterocycles. The van der Waals surface area contributed by atoms with E-state index in [-0.39, 0.29) is 0 Å². The lowest BCUT2D eigenvalue weighted by Crippen LogP contribution is -2.09. The molecule has 0 aliphatic heterocycles. The summed E-state index contributed by atoms with van der Waals surface area (Å²) in [6.07, 6.45) is 4.04. The highest BCUT2D eigenvalue weighted by molar-refractivity contribution is 5.39. The number of hydrogen-bond donors (Lipinski definition) is 1. The number of ether oxygens (including phenoxy) is 1. The maximum Gasteiger partial charge on any atom is 0.143 e. The van der Waals surface area contributed by atoms with E-state index >= 15 is 0 Å². The Balaban J connectivity index is 2.04. The third-order valence-electron chi connectivity index (χ3n) is 3.28. The topological polar surface area (TPSA) is 60.2 Å². The van der Waals surface area contributed by atoms with Crippen LogP contribution in [-0.4, -0.2) is 27.0 Å². The van der Waals surface area contributed by atoms with Gasteiger partial charge in [0.2, 0.25) is 0 Å². The smallest absolute Gasteiger partial charge is 0.143 e. The maximum absolute atomic E-state index is 10.7. The lowest BCUT2D eigenvalue weighted by molar-refractivity contribution is 0.206. The van der Waals surface area contributed by atoms with E-state index in [1.807, 2.05) is 30.3 Å². The van der Waals surface area contributed by atoms with Crippen molar-refractivity contribution < 1.29 is 9.84 Å². The Morgan fingerprint density at radius 2 is 1.90 bits per heavy atom. The number of rotatable bonds is 4. The van der Waals surface area contributed by atoms with Crippen LogP contribution in [0.15, 0.2) is 61.1 Å². The number of methoxy groups -OCH3 is 1. The molecule has 1 unspecified atom stereocenters. The van der Waals surface area contributed by atoms with Gasteiger partial charge >= 0.3 is 0 Å². The Hall–Kier alpha value is -2.66. The second-order valence-corrected chi connectivity index (χ2v) is 4.52. The number of benzene rings is 1. The standard InChI is InChI=1S/C16H15N3O2/c1-21-15-11-17-9-7-13(15)16(20)14-8-10-18-19(14)12-5-3-2-4-6-12/h2-11,16,20H,1H3. The number of para-hydroxylation sites is 1. The fourth-order valence-corrected chi connectivity index (χ4v) is 2.25. The van der Waals surface area contributed by atoms with Crippen LogP contribution in [0.4, 0.5) is 0 Å². The van der Waals surface area contributed by atoms with Crippen molar-refractivity contribution in [1.29, 1.82) is 0 Å². The van der Waals surface area contributed by atoms with Gasteiger partial charge in [-0.3, -0.25) is 4.98 Å².